The lowest BCUT2D eigenvalue weighted by atomic mass is 10.2. The van der Waals surface area contributed by atoms with Crippen LogP contribution in [0.2, 0.25) is 0 Å². The van der Waals surface area contributed by atoms with Crippen LogP contribution in [0.15, 0.2) is 0 Å². The molecular weight excluding hydrogens is 142 g/mol. The van der Waals surface area contributed by atoms with Crippen LogP contribution in [0.5, 0.6) is 0 Å². The van der Waals surface area contributed by atoms with Crippen LogP contribution in [0.4, 0.5) is 0 Å². The lowest BCUT2D eigenvalue weighted by Crippen LogP contribution is -1.84. The number of nitrogens with zero attached hydrogens (tertiary/aromatic N) is 1. The van der Waals surface area contributed by atoms with Crippen molar-refractivity contribution >= 4 is 11.3 Å². The highest BCUT2D eigenvalue weighted by Gasteiger charge is 2.01. The van der Waals surface area contributed by atoms with E-state index in [9.17, 15) is 0 Å². The van der Waals surface area contributed by atoms with Gasteiger partial charge in [0.05, 0.1) is 10.7 Å². The smallest absolute Gasteiger partial charge is 0.0900 e. The van der Waals surface area contributed by atoms with Crippen LogP contribution in [0, 0.1) is 13.8 Å². The lowest BCUT2D eigenvalue weighted by Gasteiger charge is -1.90. The Labute approximate surface area is 66.1 Å². The first-order valence-corrected chi connectivity index (χ1v) is 4.48. The minimum Gasteiger partial charge on any atom is -0.246 e. The molecule has 1 aromatic rings. The highest BCUT2D eigenvalue weighted by Crippen LogP contribution is 2.17. The van der Waals surface area contributed by atoms with Gasteiger partial charge < -0.3 is 0 Å². The molecule has 2 heteroatoms. The van der Waals surface area contributed by atoms with E-state index in [-0.39, 0.29) is 0 Å². The molecule has 0 saturated carbocycles. The van der Waals surface area contributed by atoms with Crippen LogP contribution < -0.4 is 0 Å². The number of hydrogen-bond donors (Lipinski definition) is 0. The van der Waals surface area contributed by atoms with Crippen molar-refractivity contribution in [3.63, 3.8) is 0 Å². The van der Waals surface area contributed by atoms with E-state index in [1.807, 2.05) is 0 Å². The Hall–Kier alpha value is -0.370. The summed E-state index contributed by atoms with van der Waals surface area (Å²) in [7, 11) is 0. The van der Waals surface area contributed by atoms with Gasteiger partial charge in [-0.15, -0.1) is 11.3 Å². The molecule has 0 unspecified atom stereocenters. The van der Waals surface area contributed by atoms with E-state index in [4.69, 9.17) is 0 Å². The maximum atomic E-state index is 4.42. The molecule has 0 aliphatic rings. The summed E-state index contributed by atoms with van der Waals surface area (Å²) in [4.78, 5) is 5.81. The third-order valence-corrected chi connectivity index (χ3v) is 2.41. The number of hydrogen-bond acceptors (Lipinski definition) is 2. The van der Waals surface area contributed by atoms with Crippen molar-refractivity contribution < 1.29 is 0 Å². The van der Waals surface area contributed by atoms with E-state index in [0.717, 1.165) is 6.42 Å². The summed E-state index contributed by atoms with van der Waals surface area (Å²) in [6, 6.07) is 0. The zero-order valence-corrected chi connectivity index (χ0v) is 7.59. The standard InChI is InChI=1S/C8H13NS/c1-4-5-8-6(2)10-7(3)9-8/h4-5H2,1-3H3. The highest BCUT2D eigenvalue weighted by atomic mass is 32.1. The van der Waals surface area contributed by atoms with Crippen LogP contribution >= 0.6 is 11.3 Å². The Bertz CT molecular complexity index is 215. The van der Waals surface area contributed by atoms with E-state index in [1.54, 1.807) is 11.3 Å². The predicted octanol–water partition coefficient (Wildman–Crippen LogP) is 2.71. The average Bonchev–Trinajstić information content (AvgIpc) is 2.13. The first kappa shape index (κ1) is 7.73. The third-order valence-electron chi connectivity index (χ3n) is 1.49. The summed E-state index contributed by atoms with van der Waals surface area (Å²) in [6.07, 6.45) is 2.33. The zero-order valence-electron chi connectivity index (χ0n) is 6.77. The van der Waals surface area contributed by atoms with Crippen LogP contribution in [-0.2, 0) is 6.42 Å². The van der Waals surface area contributed by atoms with E-state index in [0.29, 0.717) is 0 Å². The van der Waals surface area contributed by atoms with Crippen molar-refractivity contribution in [1.82, 2.24) is 4.98 Å². The maximum Gasteiger partial charge on any atom is 0.0900 e. The summed E-state index contributed by atoms with van der Waals surface area (Å²) in [5.74, 6) is 0. The summed E-state index contributed by atoms with van der Waals surface area (Å²) in [5.41, 5.74) is 1.30. The number of rotatable bonds is 2. The Balaban J connectivity index is 2.81. The van der Waals surface area contributed by atoms with Crippen LogP contribution in [0.3, 0.4) is 0 Å². The molecule has 0 bridgehead atoms. The van der Waals surface area contributed by atoms with Crippen molar-refractivity contribution in [1.29, 1.82) is 0 Å². The SMILES string of the molecule is CCCc1nc(C)sc1C. The predicted molar refractivity (Wildman–Crippen MR) is 45.6 cm³/mol. The van der Waals surface area contributed by atoms with Gasteiger partial charge in [-0.2, -0.15) is 0 Å². The largest absolute Gasteiger partial charge is 0.246 e. The molecule has 0 N–H and O–H groups in total. The molecule has 0 fully saturated rings. The van der Waals surface area contributed by atoms with E-state index >= 15 is 0 Å². The van der Waals surface area contributed by atoms with Gasteiger partial charge in [0.15, 0.2) is 0 Å². The first-order chi connectivity index (χ1) is 4.74. The fourth-order valence-electron chi connectivity index (χ4n) is 1.04. The second kappa shape index (κ2) is 3.15. The molecular formula is C8H13NS. The molecule has 0 aliphatic heterocycles. The van der Waals surface area contributed by atoms with Crippen LogP contribution in [0.1, 0.15) is 28.9 Å². The summed E-state index contributed by atoms with van der Waals surface area (Å²) in [5, 5.41) is 1.20. The van der Waals surface area contributed by atoms with Gasteiger partial charge in [-0.1, -0.05) is 13.3 Å². The van der Waals surface area contributed by atoms with E-state index in [1.165, 1.54) is 22.0 Å². The lowest BCUT2D eigenvalue weighted by molar-refractivity contribution is 0.880. The molecule has 1 aromatic heterocycles. The molecule has 0 radical (unpaired) electrons. The molecule has 56 valence electrons. The molecule has 0 aliphatic carbocycles. The number of aromatic nitrogens is 1. The topological polar surface area (TPSA) is 12.9 Å². The quantitative estimate of drug-likeness (QED) is 0.640. The molecule has 10 heavy (non-hydrogen) atoms. The van der Waals surface area contributed by atoms with Gasteiger partial charge in [0.25, 0.3) is 0 Å². The van der Waals surface area contributed by atoms with Gasteiger partial charge >= 0.3 is 0 Å². The minimum absolute atomic E-state index is 1.14. The second-order valence-electron chi connectivity index (χ2n) is 2.49. The van der Waals surface area contributed by atoms with E-state index < -0.39 is 0 Å². The third kappa shape index (κ3) is 1.57. The van der Waals surface area contributed by atoms with Gasteiger partial charge in [-0.3, -0.25) is 0 Å². The molecule has 0 spiro atoms. The minimum atomic E-state index is 1.14. The average molecular weight is 155 g/mol. The molecule has 1 heterocycles. The van der Waals surface area contributed by atoms with Crippen molar-refractivity contribution in [2.24, 2.45) is 0 Å². The van der Waals surface area contributed by atoms with Gasteiger partial charge in [-0.05, 0) is 20.3 Å². The van der Waals surface area contributed by atoms with Gasteiger partial charge in [0.2, 0.25) is 0 Å². The van der Waals surface area contributed by atoms with Crippen molar-refractivity contribution in [2.75, 3.05) is 0 Å². The Morgan fingerprint density at radius 2 is 2.10 bits per heavy atom. The Morgan fingerprint density at radius 3 is 2.50 bits per heavy atom. The monoisotopic (exact) mass is 155 g/mol. The van der Waals surface area contributed by atoms with Crippen LogP contribution in [0.25, 0.3) is 0 Å². The highest BCUT2D eigenvalue weighted by molar-refractivity contribution is 7.11. The summed E-state index contributed by atoms with van der Waals surface area (Å²) < 4.78 is 0. The molecule has 0 amide bonds. The fraction of sp³-hybridized carbons (Fsp3) is 0.625. The Kier molecular flexibility index (Phi) is 2.44. The maximum absolute atomic E-state index is 4.42. The molecule has 0 aromatic carbocycles. The second-order valence-corrected chi connectivity index (χ2v) is 3.89. The summed E-state index contributed by atoms with van der Waals surface area (Å²) in [6.45, 7) is 6.40. The number of thiazole rings is 1. The van der Waals surface area contributed by atoms with Crippen molar-refractivity contribution in [3.05, 3.63) is 15.6 Å². The fourth-order valence-corrected chi connectivity index (χ4v) is 1.91. The van der Waals surface area contributed by atoms with Gasteiger partial charge in [0, 0.05) is 4.88 Å². The summed E-state index contributed by atoms with van der Waals surface area (Å²) >= 11 is 1.80. The van der Waals surface area contributed by atoms with E-state index in [2.05, 4.69) is 25.8 Å². The van der Waals surface area contributed by atoms with Crippen molar-refractivity contribution in [3.8, 4) is 0 Å². The zero-order chi connectivity index (χ0) is 7.56. The first-order valence-electron chi connectivity index (χ1n) is 3.67. The number of aryl methyl sites for hydroxylation is 3. The molecule has 1 nitrogen and oxygen atoms in total. The normalized spacial score (nSPS) is 10.3. The Morgan fingerprint density at radius 1 is 1.40 bits per heavy atom. The van der Waals surface area contributed by atoms with Gasteiger partial charge in [-0.25, -0.2) is 4.98 Å². The molecule has 0 atom stereocenters. The molecule has 1 rings (SSSR count). The van der Waals surface area contributed by atoms with Crippen LogP contribution in [-0.4, -0.2) is 4.98 Å². The van der Waals surface area contributed by atoms with Gasteiger partial charge in [0.1, 0.15) is 0 Å². The molecule has 0 saturated heterocycles. The van der Waals surface area contributed by atoms with Crippen molar-refractivity contribution in [2.45, 2.75) is 33.6 Å².